The number of anilines is 1. The molecule has 5 heteroatoms. The third-order valence-corrected chi connectivity index (χ3v) is 3.70. The van der Waals surface area contributed by atoms with Gasteiger partial charge in [0.1, 0.15) is 5.75 Å². The molecule has 0 bridgehead atoms. The molecule has 5 nitrogen and oxygen atoms in total. The highest BCUT2D eigenvalue weighted by Crippen LogP contribution is 2.22. The normalized spacial score (nSPS) is 11.2. The number of carbonyl (C=O) groups excluding carboxylic acids is 1. The number of para-hydroxylation sites is 1. The van der Waals surface area contributed by atoms with E-state index >= 15 is 0 Å². The summed E-state index contributed by atoms with van der Waals surface area (Å²) in [6.07, 6.45) is 5.58. The zero-order valence-corrected chi connectivity index (χ0v) is 13.8. The lowest BCUT2D eigenvalue weighted by atomic mass is 10.0. The summed E-state index contributed by atoms with van der Waals surface area (Å²) in [6.45, 7) is 1.96. The molecule has 1 amide bonds. The van der Waals surface area contributed by atoms with Crippen molar-refractivity contribution >= 4 is 11.6 Å². The molecular formula is C19H21N3O2. The van der Waals surface area contributed by atoms with E-state index in [9.17, 15) is 4.79 Å². The fourth-order valence-corrected chi connectivity index (χ4v) is 2.37. The minimum atomic E-state index is -0.474. The first-order chi connectivity index (χ1) is 11.6. The molecule has 0 saturated carbocycles. The molecule has 0 radical (unpaired) electrons. The number of rotatable bonds is 6. The summed E-state index contributed by atoms with van der Waals surface area (Å²) >= 11 is 0. The van der Waals surface area contributed by atoms with Crippen molar-refractivity contribution in [3.05, 3.63) is 59.2 Å². The van der Waals surface area contributed by atoms with Gasteiger partial charge in [0.05, 0.1) is 5.69 Å². The lowest BCUT2D eigenvalue weighted by Crippen LogP contribution is -2.22. The number of hydrogen-bond acceptors (Lipinski definition) is 4. The van der Waals surface area contributed by atoms with Crippen molar-refractivity contribution in [2.75, 3.05) is 12.5 Å². The summed E-state index contributed by atoms with van der Waals surface area (Å²) in [6, 6.07) is 12.9. The zero-order valence-electron chi connectivity index (χ0n) is 13.8. The molecule has 124 valence electrons. The molecule has 0 fully saturated rings. The first-order valence-electron chi connectivity index (χ1n) is 7.59. The Hall–Kier alpha value is -2.97. The Bertz CT molecular complexity index is 765. The van der Waals surface area contributed by atoms with Crippen LogP contribution in [0, 0.1) is 19.3 Å². The second-order valence-corrected chi connectivity index (χ2v) is 5.34. The minimum Gasteiger partial charge on any atom is -0.477 e. The van der Waals surface area contributed by atoms with Crippen LogP contribution in [0.1, 0.15) is 21.5 Å². The maximum atomic E-state index is 11.8. The molecule has 0 saturated heterocycles. The number of amides is 1. The zero-order chi connectivity index (χ0) is 17.5. The number of hydrazine groups is 1. The van der Waals surface area contributed by atoms with Crippen molar-refractivity contribution in [3.63, 3.8) is 0 Å². The van der Waals surface area contributed by atoms with E-state index in [0.717, 1.165) is 16.9 Å². The third-order valence-electron chi connectivity index (χ3n) is 3.70. The third kappa shape index (κ3) is 4.06. The summed E-state index contributed by atoms with van der Waals surface area (Å²) in [5, 5.41) is 2.60. The van der Waals surface area contributed by atoms with E-state index in [-0.39, 0.29) is 5.91 Å². The summed E-state index contributed by atoms with van der Waals surface area (Å²) in [4.78, 5) is 11.8. The molecule has 0 aromatic heterocycles. The fourth-order valence-electron chi connectivity index (χ4n) is 2.37. The molecule has 2 aromatic rings. The number of terminal acetylenes is 1. The van der Waals surface area contributed by atoms with Crippen LogP contribution in [0.15, 0.2) is 42.5 Å². The monoisotopic (exact) mass is 323 g/mol. The topological polar surface area (TPSA) is 76.4 Å². The maximum Gasteiger partial charge on any atom is 0.251 e. The molecule has 2 rings (SSSR count). The smallest absolute Gasteiger partial charge is 0.251 e. The van der Waals surface area contributed by atoms with Gasteiger partial charge in [0.15, 0.2) is 6.10 Å². The Labute approximate surface area is 142 Å². The summed E-state index contributed by atoms with van der Waals surface area (Å²) < 4.78 is 5.92. The minimum absolute atomic E-state index is 0.170. The lowest BCUT2D eigenvalue weighted by molar-refractivity contribution is 0.0963. The Kier molecular flexibility index (Phi) is 5.83. The number of benzene rings is 2. The highest BCUT2D eigenvalue weighted by molar-refractivity contribution is 5.94. The van der Waals surface area contributed by atoms with Crippen LogP contribution in [-0.2, 0) is 6.42 Å². The second-order valence-electron chi connectivity index (χ2n) is 5.34. The number of ether oxygens (including phenoxy) is 1. The summed E-state index contributed by atoms with van der Waals surface area (Å²) in [5.41, 5.74) is 5.70. The largest absolute Gasteiger partial charge is 0.477 e. The maximum absolute atomic E-state index is 11.8. The van der Waals surface area contributed by atoms with E-state index in [1.54, 1.807) is 25.2 Å². The molecule has 2 aromatic carbocycles. The van der Waals surface area contributed by atoms with Crippen LogP contribution in [0.4, 0.5) is 5.69 Å². The Balaban J connectivity index is 2.25. The lowest BCUT2D eigenvalue weighted by Gasteiger charge is -2.18. The number of nitrogens with two attached hydrogens (primary N) is 1. The highest BCUT2D eigenvalue weighted by atomic mass is 16.5. The predicted octanol–water partition coefficient (Wildman–Crippen LogP) is 2.26. The predicted molar refractivity (Wildman–Crippen MR) is 95.8 cm³/mol. The van der Waals surface area contributed by atoms with Gasteiger partial charge in [0.2, 0.25) is 0 Å². The van der Waals surface area contributed by atoms with Gasteiger partial charge in [-0.05, 0) is 42.3 Å². The Morgan fingerprint density at radius 2 is 2.08 bits per heavy atom. The van der Waals surface area contributed by atoms with Crippen LogP contribution in [0.5, 0.6) is 5.75 Å². The van der Waals surface area contributed by atoms with Gasteiger partial charge in [-0.2, -0.15) is 0 Å². The van der Waals surface area contributed by atoms with Crippen molar-refractivity contribution < 1.29 is 9.53 Å². The molecule has 0 heterocycles. The van der Waals surface area contributed by atoms with Crippen molar-refractivity contribution in [2.24, 2.45) is 5.84 Å². The number of nitrogen functional groups attached to an aromatic ring is 1. The average molecular weight is 323 g/mol. The van der Waals surface area contributed by atoms with Crippen LogP contribution < -0.4 is 21.3 Å². The number of aryl methyl sites for hydroxylation is 1. The van der Waals surface area contributed by atoms with Gasteiger partial charge in [-0.25, -0.2) is 0 Å². The molecule has 0 aliphatic carbocycles. The molecule has 4 N–H and O–H groups in total. The molecule has 0 aliphatic heterocycles. The van der Waals surface area contributed by atoms with Gasteiger partial charge in [-0.15, -0.1) is 6.42 Å². The van der Waals surface area contributed by atoms with E-state index in [1.165, 1.54) is 0 Å². The Morgan fingerprint density at radius 1 is 1.33 bits per heavy atom. The van der Waals surface area contributed by atoms with E-state index in [1.807, 2.05) is 31.2 Å². The first kappa shape index (κ1) is 17.4. The molecular weight excluding hydrogens is 302 g/mol. The summed E-state index contributed by atoms with van der Waals surface area (Å²) in [7, 11) is 1.59. The Morgan fingerprint density at radius 3 is 2.71 bits per heavy atom. The fraction of sp³-hybridized carbons (Fsp3) is 0.211. The molecule has 0 aliphatic rings. The molecule has 1 unspecified atom stereocenters. The quantitative estimate of drug-likeness (QED) is 0.433. The molecule has 1 atom stereocenters. The van der Waals surface area contributed by atoms with Gasteiger partial charge in [0, 0.05) is 19.0 Å². The van der Waals surface area contributed by atoms with Crippen LogP contribution in [-0.4, -0.2) is 19.1 Å². The van der Waals surface area contributed by atoms with Crippen LogP contribution in [0.2, 0.25) is 0 Å². The van der Waals surface area contributed by atoms with Crippen molar-refractivity contribution in [1.82, 2.24) is 5.32 Å². The highest BCUT2D eigenvalue weighted by Gasteiger charge is 2.14. The van der Waals surface area contributed by atoms with E-state index < -0.39 is 6.10 Å². The second kappa shape index (κ2) is 8.04. The SMILES string of the molecule is C#CC(Cc1cc(C(=O)NC)ccc1NN)Oc1ccccc1C. The van der Waals surface area contributed by atoms with Crippen molar-refractivity contribution in [1.29, 1.82) is 0 Å². The van der Waals surface area contributed by atoms with Gasteiger partial charge in [0.25, 0.3) is 5.91 Å². The van der Waals surface area contributed by atoms with Gasteiger partial charge < -0.3 is 15.5 Å². The van der Waals surface area contributed by atoms with Crippen LogP contribution in [0.25, 0.3) is 0 Å². The van der Waals surface area contributed by atoms with E-state index in [0.29, 0.717) is 17.7 Å². The number of nitrogens with one attached hydrogen (secondary N) is 2. The van der Waals surface area contributed by atoms with Gasteiger partial charge in [-0.3, -0.25) is 10.6 Å². The van der Waals surface area contributed by atoms with Gasteiger partial charge in [-0.1, -0.05) is 24.1 Å². The van der Waals surface area contributed by atoms with E-state index in [4.69, 9.17) is 17.0 Å². The number of carbonyl (C=O) groups is 1. The van der Waals surface area contributed by atoms with Crippen LogP contribution >= 0.6 is 0 Å². The molecule has 24 heavy (non-hydrogen) atoms. The van der Waals surface area contributed by atoms with Crippen molar-refractivity contribution in [3.8, 4) is 18.1 Å². The molecule has 0 spiro atoms. The standard InChI is InChI=1S/C19H21N3O2/c1-4-16(24-18-8-6-5-7-13(18)2)12-15-11-14(19(23)21-3)9-10-17(15)22-20/h1,5-11,16,22H,12,20H2,2-3H3,(H,21,23). The summed E-state index contributed by atoms with van der Waals surface area (Å²) in [5.74, 6) is 8.78. The van der Waals surface area contributed by atoms with Crippen molar-refractivity contribution in [2.45, 2.75) is 19.4 Å². The van der Waals surface area contributed by atoms with Gasteiger partial charge >= 0.3 is 0 Å². The van der Waals surface area contributed by atoms with E-state index in [2.05, 4.69) is 16.7 Å². The average Bonchev–Trinajstić information content (AvgIpc) is 2.62. The number of hydrogen-bond donors (Lipinski definition) is 3. The first-order valence-corrected chi connectivity index (χ1v) is 7.59. The van der Waals surface area contributed by atoms with Crippen LogP contribution in [0.3, 0.4) is 0 Å².